The normalized spacial score (nSPS) is 22.1. The predicted molar refractivity (Wildman–Crippen MR) is 79.0 cm³/mol. The van der Waals surface area contributed by atoms with Crippen LogP contribution in [0.4, 0.5) is 0 Å². The molecule has 0 spiro atoms. The van der Waals surface area contributed by atoms with Gasteiger partial charge in [0.2, 0.25) is 0 Å². The molecule has 3 rings (SSSR count). The smallest absolute Gasteiger partial charge is 0.305 e. The van der Waals surface area contributed by atoms with Gasteiger partial charge in [0.25, 0.3) is 0 Å². The van der Waals surface area contributed by atoms with Gasteiger partial charge in [0.1, 0.15) is 0 Å². The lowest BCUT2D eigenvalue weighted by atomic mass is 10.2. The number of hydrogen-bond donors (Lipinski definition) is 1. The number of aromatic amines is 1. The van der Waals surface area contributed by atoms with Crippen molar-refractivity contribution in [1.82, 2.24) is 9.55 Å². The maximum absolute atomic E-state index is 12.1. The number of hydrogen-bond acceptors (Lipinski definition) is 3. The van der Waals surface area contributed by atoms with Crippen molar-refractivity contribution < 1.29 is 8.42 Å². The molecule has 5 nitrogen and oxygen atoms in total. The zero-order valence-corrected chi connectivity index (χ0v) is 12.4. The number of H-pyrrole nitrogens is 1. The lowest BCUT2D eigenvalue weighted by Gasteiger charge is -2.22. The Morgan fingerprint density at radius 3 is 2.90 bits per heavy atom. The van der Waals surface area contributed by atoms with Crippen LogP contribution in [0.1, 0.15) is 19.3 Å². The number of sulfone groups is 1. The van der Waals surface area contributed by atoms with Gasteiger partial charge >= 0.3 is 5.69 Å². The zero-order valence-electron chi connectivity index (χ0n) is 10.8. The van der Waals surface area contributed by atoms with Crippen LogP contribution in [0.5, 0.6) is 0 Å². The van der Waals surface area contributed by atoms with Crippen LogP contribution in [0.25, 0.3) is 11.0 Å². The molecular formula is C13H15ClN2O3S. The number of nitrogens with one attached hydrogen (secondary N) is 1. The molecule has 7 heteroatoms. The van der Waals surface area contributed by atoms with E-state index in [0.717, 1.165) is 12.8 Å². The summed E-state index contributed by atoms with van der Waals surface area (Å²) in [5.74, 6) is 0.223. The summed E-state index contributed by atoms with van der Waals surface area (Å²) >= 11 is 5.89. The van der Waals surface area contributed by atoms with Gasteiger partial charge in [0.15, 0.2) is 9.84 Å². The minimum Gasteiger partial charge on any atom is -0.305 e. The molecule has 1 aliphatic heterocycles. The Labute approximate surface area is 121 Å². The van der Waals surface area contributed by atoms with Crippen LogP contribution in [0.3, 0.4) is 0 Å². The fourth-order valence-electron chi connectivity index (χ4n) is 2.75. The second-order valence-electron chi connectivity index (χ2n) is 5.19. The summed E-state index contributed by atoms with van der Waals surface area (Å²) in [7, 11) is -3.09. The molecule has 1 saturated heterocycles. The Hall–Kier alpha value is -1.27. The van der Waals surface area contributed by atoms with Gasteiger partial charge in [-0.1, -0.05) is 18.0 Å². The van der Waals surface area contributed by atoms with Crippen molar-refractivity contribution in [1.29, 1.82) is 0 Å². The SMILES string of the molecule is O=c1[nH]c2cc(Cl)ccc2n1CC1CCCCS1(=O)=O. The van der Waals surface area contributed by atoms with Crippen LogP contribution < -0.4 is 5.69 Å². The summed E-state index contributed by atoms with van der Waals surface area (Å²) in [6.07, 6.45) is 2.24. The first kappa shape index (κ1) is 13.7. The van der Waals surface area contributed by atoms with E-state index in [1.54, 1.807) is 18.2 Å². The van der Waals surface area contributed by atoms with Crippen molar-refractivity contribution in [2.24, 2.45) is 0 Å². The summed E-state index contributed by atoms with van der Waals surface area (Å²) in [6.45, 7) is 0.211. The average molecular weight is 315 g/mol. The third-order valence-electron chi connectivity index (χ3n) is 3.84. The van der Waals surface area contributed by atoms with Crippen LogP contribution in [-0.4, -0.2) is 29.0 Å². The highest BCUT2D eigenvalue weighted by Gasteiger charge is 2.29. The molecule has 1 fully saturated rings. The van der Waals surface area contributed by atoms with Gasteiger partial charge in [-0.15, -0.1) is 0 Å². The summed E-state index contributed by atoms with van der Waals surface area (Å²) in [5.41, 5.74) is 1.04. The summed E-state index contributed by atoms with van der Waals surface area (Å²) < 4.78 is 25.6. The van der Waals surface area contributed by atoms with Gasteiger partial charge in [-0.3, -0.25) is 4.57 Å². The molecule has 1 N–H and O–H groups in total. The molecule has 20 heavy (non-hydrogen) atoms. The van der Waals surface area contributed by atoms with Crippen LogP contribution >= 0.6 is 11.6 Å². The molecule has 2 heterocycles. The van der Waals surface area contributed by atoms with Gasteiger partial charge < -0.3 is 4.98 Å². The molecule has 1 aromatic heterocycles. The van der Waals surface area contributed by atoms with E-state index in [0.29, 0.717) is 22.5 Å². The third kappa shape index (κ3) is 2.38. The quantitative estimate of drug-likeness (QED) is 0.921. The highest BCUT2D eigenvalue weighted by molar-refractivity contribution is 7.92. The Balaban J connectivity index is 2.02. The van der Waals surface area contributed by atoms with Crippen molar-refractivity contribution in [2.75, 3.05) is 5.75 Å². The highest BCUT2D eigenvalue weighted by Crippen LogP contribution is 2.23. The van der Waals surface area contributed by atoms with E-state index < -0.39 is 15.1 Å². The minimum atomic E-state index is -3.09. The second-order valence-corrected chi connectivity index (χ2v) is 8.02. The number of aromatic nitrogens is 2. The summed E-state index contributed by atoms with van der Waals surface area (Å²) in [4.78, 5) is 14.7. The van der Waals surface area contributed by atoms with Crippen LogP contribution in [0.15, 0.2) is 23.0 Å². The lowest BCUT2D eigenvalue weighted by molar-refractivity contribution is 0.508. The van der Waals surface area contributed by atoms with Gasteiger partial charge in [-0.05, 0) is 31.0 Å². The fourth-order valence-corrected chi connectivity index (χ4v) is 4.76. The largest absolute Gasteiger partial charge is 0.326 e. The Morgan fingerprint density at radius 2 is 2.15 bits per heavy atom. The van der Waals surface area contributed by atoms with E-state index in [9.17, 15) is 13.2 Å². The number of halogens is 1. The molecule has 1 atom stereocenters. The highest BCUT2D eigenvalue weighted by atomic mass is 35.5. The number of benzene rings is 1. The van der Waals surface area contributed by atoms with E-state index in [1.807, 2.05) is 0 Å². The van der Waals surface area contributed by atoms with E-state index >= 15 is 0 Å². The van der Waals surface area contributed by atoms with Gasteiger partial charge in [-0.25, -0.2) is 13.2 Å². The van der Waals surface area contributed by atoms with E-state index in [1.165, 1.54) is 4.57 Å². The van der Waals surface area contributed by atoms with E-state index in [4.69, 9.17) is 11.6 Å². The Kier molecular flexibility index (Phi) is 3.38. The van der Waals surface area contributed by atoms with Crippen LogP contribution in [0, 0.1) is 0 Å². The standard InChI is InChI=1S/C13H15ClN2O3S/c14-9-4-5-12-11(7-9)15-13(17)16(12)8-10-3-1-2-6-20(10,18)19/h4-5,7,10H,1-3,6,8H2,(H,15,17). The monoisotopic (exact) mass is 314 g/mol. The van der Waals surface area contributed by atoms with Crippen molar-refractivity contribution in [2.45, 2.75) is 31.1 Å². The van der Waals surface area contributed by atoms with Crippen LogP contribution in [0.2, 0.25) is 5.02 Å². The van der Waals surface area contributed by atoms with Crippen molar-refractivity contribution in [3.05, 3.63) is 33.7 Å². The first-order chi connectivity index (χ1) is 9.47. The maximum Gasteiger partial charge on any atom is 0.326 e. The molecule has 1 unspecified atom stereocenters. The van der Waals surface area contributed by atoms with Crippen molar-refractivity contribution in [3.8, 4) is 0 Å². The zero-order chi connectivity index (χ0) is 14.3. The average Bonchev–Trinajstić information content (AvgIpc) is 2.67. The molecule has 1 aromatic carbocycles. The molecule has 0 aliphatic carbocycles. The molecule has 108 valence electrons. The number of nitrogens with zero attached hydrogens (tertiary/aromatic N) is 1. The molecule has 2 aromatic rings. The predicted octanol–water partition coefficient (Wildman–Crippen LogP) is 1.95. The molecule has 0 saturated carbocycles. The van der Waals surface area contributed by atoms with E-state index in [-0.39, 0.29) is 18.0 Å². The first-order valence-electron chi connectivity index (χ1n) is 6.57. The molecule has 1 aliphatic rings. The number of imidazole rings is 1. The molecule has 0 bridgehead atoms. The van der Waals surface area contributed by atoms with Crippen molar-refractivity contribution in [3.63, 3.8) is 0 Å². The number of rotatable bonds is 2. The second kappa shape index (κ2) is 4.93. The first-order valence-corrected chi connectivity index (χ1v) is 8.66. The third-order valence-corrected chi connectivity index (χ3v) is 6.33. The summed E-state index contributed by atoms with van der Waals surface area (Å²) in [5, 5.41) is 0.0693. The fraction of sp³-hybridized carbons (Fsp3) is 0.462. The maximum atomic E-state index is 12.1. The number of fused-ring (bicyclic) bond motifs is 1. The van der Waals surface area contributed by atoms with Gasteiger partial charge in [0, 0.05) is 11.6 Å². The van der Waals surface area contributed by atoms with Gasteiger partial charge in [0.05, 0.1) is 22.0 Å². The summed E-state index contributed by atoms with van der Waals surface area (Å²) in [6, 6.07) is 5.11. The van der Waals surface area contributed by atoms with E-state index in [2.05, 4.69) is 4.98 Å². The molecule has 0 radical (unpaired) electrons. The van der Waals surface area contributed by atoms with Gasteiger partial charge in [-0.2, -0.15) is 0 Å². The topological polar surface area (TPSA) is 71.9 Å². The van der Waals surface area contributed by atoms with Crippen molar-refractivity contribution >= 4 is 32.5 Å². The Morgan fingerprint density at radius 1 is 1.35 bits per heavy atom. The van der Waals surface area contributed by atoms with Crippen LogP contribution in [-0.2, 0) is 16.4 Å². The Bertz CT molecular complexity index is 807. The molecule has 0 amide bonds. The molecular weight excluding hydrogens is 300 g/mol. The lowest BCUT2D eigenvalue weighted by Crippen LogP contribution is -2.34. The minimum absolute atomic E-state index is 0.211.